The Kier molecular flexibility index (Phi) is 3.87. The van der Waals surface area contributed by atoms with Gasteiger partial charge in [0.1, 0.15) is 11.5 Å². The zero-order valence-corrected chi connectivity index (χ0v) is 12.6. The fourth-order valence-corrected chi connectivity index (χ4v) is 3.44. The van der Waals surface area contributed by atoms with Crippen molar-refractivity contribution in [3.8, 4) is 11.5 Å². The van der Waals surface area contributed by atoms with Crippen molar-refractivity contribution in [2.75, 3.05) is 11.9 Å². The molecule has 0 amide bonds. The van der Waals surface area contributed by atoms with E-state index in [1.807, 2.05) is 24.0 Å². The van der Waals surface area contributed by atoms with Gasteiger partial charge in [-0.1, -0.05) is 13.0 Å². The molecule has 1 N–H and O–H groups in total. The van der Waals surface area contributed by atoms with E-state index in [0.717, 1.165) is 47.5 Å². The lowest BCUT2D eigenvalue weighted by molar-refractivity contribution is 1.02. The zero-order valence-electron chi connectivity index (χ0n) is 11.8. The molecule has 3 rings (SSSR count). The Hall–Kier alpha value is -1.62. The molecule has 1 aliphatic rings. The van der Waals surface area contributed by atoms with Gasteiger partial charge in [-0.3, -0.25) is 4.98 Å². The smallest absolute Gasteiger partial charge is 0.180 e. The van der Waals surface area contributed by atoms with E-state index in [9.17, 15) is 0 Å². The molecule has 20 heavy (non-hydrogen) atoms. The van der Waals surface area contributed by atoms with Gasteiger partial charge in [0, 0.05) is 29.8 Å². The largest absolute Gasteiger partial charge is 0.370 e. The highest BCUT2D eigenvalue weighted by atomic mass is 32.2. The van der Waals surface area contributed by atoms with Gasteiger partial charge >= 0.3 is 0 Å². The average molecular weight is 286 g/mol. The Morgan fingerprint density at radius 2 is 2.15 bits per heavy atom. The Balaban J connectivity index is 2.12. The van der Waals surface area contributed by atoms with Crippen LogP contribution in [0, 0.1) is 0 Å². The molecule has 3 heterocycles. The Bertz CT molecular complexity index is 627. The van der Waals surface area contributed by atoms with Crippen LogP contribution in [0.3, 0.4) is 0 Å². The van der Waals surface area contributed by atoms with E-state index in [0.29, 0.717) is 0 Å². The minimum Gasteiger partial charge on any atom is -0.370 e. The second-order valence-electron chi connectivity index (χ2n) is 4.71. The summed E-state index contributed by atoms with van der Waals surface area (Å²) in [7, 11) is 0. The predicted octanol–water partition coefficient (Wildman–Crippen LogP) is 3.28. The molecular formula is C15H18N4S. The number of anilines is 1. The summed E-state index contributed by atoms with van der Waals surface area (Å²) in [5.74, 6) is 3.70. The quantitative estimate of drug-likeness (QED) is 0.934. The third kappa shape index (κ3) is 2.38. The van der Waals surface area contributed by atoms with Crippen LogP contribution >= 0.6 is 11.8 Å². The van der Waals surface area contributed by atoms with Crippen LogP contribution in [0.25, 0.3) is 11.5 Å². The Morgan fingerprint density at radius 3 is 2.95 bits per heavy atom. The van der Waals surface area contributed by atoms with Gasteiger partial charge in [0.05, 0.1) is 5.69 Å². The van der Waals surface area contributed by atoms with E-state index in [2.05, 4.69) is 30.2 Å². The maximum atomic E-state index is 4.74. The lowest BCUT2D eigenvalue weighted by atomic mass is 10.1. The summed E-state index contributed by atoms with van der Waals surface area (Å²) in [5.41, 5.74) is 4.52. The van der Waals surface area contributed by atoms with E-state index in [-0.39, 0.29) is 0 Å². The summed E-state index contributed by atoms with van der Waals surface area (Å²) in [6.07, 6.45) is 2.75. The third-order valence-electron chi connectivity index (χ3n) is 3.41. The molecule has 0 unspecified atom stereocenters. The van der Waals surface area contributed by atoms with Gasteiger partial charge in [-0.15, -0.1) is 0 Å². The van der Waals surface area contributed by atoms with Gasteiger partial charge in [0.2, 0.25) is 0 Å². The van der Waals surface area contributed by atoms with Gasteiger partial charge < -0.3 is 5.32 Å². The highest BCUT2D eigenvalue weighted by Gasteiger charge is 2.21. The summed E-state index contributed by atoms with van der Waals surface area (Å²) in [6.45, 7) is 5.10. The van der Waals surface area contributed by atoms with Crippen LogP contribution in [0.1, 0.15) is 30.7 Å². The molecule has 0 aliphatic carbocycles. The average Bonchev–Trinajstić information content (AvgIpc) is 2.96. The third-order valence-corrected chi connectivity index (χ3v) is 4.38. The maximum absolute atomic E-state index is 4.74. The van der Waals surface area contributed by atoms with Crippen molar-refractivity contribution < 1.29 is 0 Å². The van der Waals surface area contributed by atoms with Crippen molar-refractivity contribution in [2.45, 2.75) is 31.8 Å². The first kappa shape index (κ1) is 13.4. The molecule has 0 spiro atoms. The summed E-state index contributed by atoms with van der Waals surface area (Å²) < 4.78 is 0. The number of nitrogens with zero attached hydrogens (tertiary/aromatic N) is 3. The molecule has 0 fully saturated rings. The number of nitrogens with one attached hydrogen (secondary N) is 1. The van der Waals surface area contributed by atoms with Gasteiger partial charge in [-0.25, -0.2) is 9.97 Å². The van der Waals surface area contributed by atoms with E-state index < -0.39 is 0 Å². The first-order chi connectivity index (χ1) is 9.83. The van der Waals surface area contributed by atoms with Gasteiger partial charge in [0.25, 0.3) is 0 Å². The number of hydrogen-bond acceptors (Lipinski definition) is 5. The standard InChI is InChI=1S/C15H18N4S/c1-3-10-6-5-7-17-13(10)15-18-12-9-20-8-11(12)14(19-15)16-4-2/h5-7H,3-4,8-9H2,1-2H3,(H,16,18,19). The summed E-state index contributed by atoms with van der Waals surface area (Å²) >= 11 is 1.89. The fraction of sp³-hybridized carbons (Fsp3) is 0.400. The van der Waals surface area contributed by atoms with Crippen LogP contribution in [0.2, 0.25) is 0 Å². The van der Waals surface area contributed by atoms with E-state index >= 15 is 0 Å². The van der Waals surface area contributed by atoms with Gasteiger partial charge in [-0.05, 0) is 25.0 Å². The number of aromatic nitrogens is 3. The van der Waals surface area contributed by atoms with Crippen molar-refractivity contribution in [3.05, 3.63) is 35.2 Å². The number of rotatable bonds is 4. The molecule has 0 saturated heterocycles. The monoisotopic (exact) mass is 286 g/mol. The number of pyridine rings is 1. The topological polar surface area (TPSA) is 50.7 Å². The van der Waals surface area contributed by atoms with Gasteiger partial charge in [0.15, 0.2) is 5.82 Å². The Morgan fingerprint density at radius 1 is 1.25 bits per heavy atom. The second kappa shape index (κ2) is 5.79. The molecule has 0 atom stereocenters. The molecule has 0 aromatic carbocycles. The molecule has 2 aromatic heterocycles. The molecule has 2 aromatic rings. The minimum absolute atomic E-state index is 0.750. The van der Waals surface area contributed by atoms with Crippen LogP contribution < -0.4 is 5.32 Å². The SMILES string of the molecule is CCNc1nc(-c2ncccc2CC)nc2c1CSC2. The van der Waals surface area contributed by atoms with Gasteiger partial charge in [-0.2, -0.15) is 11.8 Å². The number of aryl methyl sites for hydroxylation is 1. The summed E-state index contributed by atoms with van der Waals surface area (Å²) in [6, 6.07) is 4.07. The summed E-state index contributed by atoms with van der Waals surface area (Å²) in [4.78, 5) is 13.9. The van der Waals surface area contributed by atoms with Crippen molar-refractivity contribution in [1.82, 2.24) is 15.0 Å². The molecule has 4 nitrogen and oxygen atoms in total. The summed E-state index contributed by atoms with van der Waals surface area (Å²) in [5, 5.41) is 3.36. The van der Waals surface area contributed by atoms with Crippen LogP contribution in [-0.4, -0.2) is 21.5 Å². The first-order valence-corrected chi connectivity index (χ1v) is 8.14. The van der Waals surface area contributed by atoms with Crippen molar-refractivity contribution in [1.29, 1.82) is 0 Å². The van der Waals surface area contributed by atoms with Crippen molar-refractivity contribution in [3.63, 3.8) is 0 Å². The van der Waals surface area contributed by atoms with Crippen LogP contribution in [0.4, 0.5) is 5.82 Å². The highest BCUT2D eigenvalue weighted by Crippen LogP contribution is 2.34. The number of fused-ring (bicyclic) bond motifs is 1. The molecule has 1 aliphatic heterocycles. The Labute approximate surface area is 123 Å². The molecule has 0 bridgehead atoms. The zero-order chi connectivity index (χ0) is 13.9. The number of hydrogen-bond donors (Lipinski definition) is 1. The van der Waals surface area contributed by atoms with Crippen LogP contribution in [-0.2, 0) is 17.9 Å². The van der Waals surface area contributed by atoms with Crippen LogP contribution in [0.5, 0.6) is 0 Å². The maximum Gasteiger partial charge on any atom is 0.180 e. The molecule has 104 valence electrons. The molecule has 0 saturated carbocycles. The molecular weight excluding hydrogens is 268 g/mol. The molecule has 5 heteroatoms. The lowest BCUT2D eigenvalue weighted by Crippen LogP contribution is -2.07. The normalized spacial score (nSPS) is 13.3. The lowest BCUT2D eigenvalue weighted by Gasteiger charge is -2.11. The number of thioether (sulfide) groups is 1. The van der Waals surface area contributed by atoms with Crippen molar-refractivity contribution >= 4 is 17.6 Å². The van der Waals surface area contributed by atoms with E-state index in [1.54, 1.807) is 0 Å². The highest BCUT2D eigenvalue weighted by molar-refractivity contribution is 7.98. The van der Waals surface area contributed by atoms with Crippen LogP contribution in [0.15, 0.2) is 18.3 Å². The second-order valence-corrected chi connectivity index (χ2v) is 5.69. The van der Waals surface area contributed by atoms with Crippen molar-refractivity contribution in [2.24, 2.45) is 0 Å². The minimum atomic E-state index is 0.750. The van der Waals surface area contributed by atoms with E-state index in [1.165, 1.54) is 11.1 Å². The fourth-order valence-electron chi connectivity index (χ4n) is 2.40. The predicted molar refractivity (Wildman–Crippen MR) is 83.8 cm³/mol. The van der Waals surface area contributed by atoms with E-state index in [4.69, 9.17) is 9.97 Å². The first-order valence-electron chi connectivity index (χ1n) is 6.99. The molecule has 0 radical (unpaired) electrons.